The predicted molar refractivity (Wildman–Crippen MR) is 140 cm³/mol. The van der Waals surface area contributed by atoms with Crippen LogP contribution in [0.4, 0.5) is 4.39 Å². The van der Waals surface area contributed by atoms with E-state index >= 15 is 0 Å². The number of hydrogen-bond donors (Lipinski definition) is 1. The molecule has 2 atom stereocenters. The number of halogens is 2. The molecule has 1 saturated heterocycles. The molecule has 1 saturated carbocycles. The van der Waals surface area contributed by atoms with Crippen molar-refractivity contribution in [3.8, 4) is 5.75 Å². The summed E-state index contributed by atoms with van der Waals surface area (Å²) in [5, 5.41) is 9.21. The zero-order chi connectivity index (χ0) is 27.4. The number of benzene rings is 2. The Morgan fingerprint density at radius 2 is 2.00 bits per heavy atom. The number of methoxy groups -OCH3 is 1. The molecule has 9 heteroatoms. The van der Waals surface area contributed by atoms with Gasteiger partial charge in [0.05, 0.1) is 22.9 Å². The SMILES string of the molecule is Cl.[2H]C([2H])([2H])Oc1cccc(C(=O)CSC2CCN(C(C(=O)C3CC3)c3ccccc3F)C/C2=C/C(=O)O)c1. The number of likely N-dealkylation sites (tertiary alicyclic amines) is 1. The average molecular weight is 537 g/mol. The van der Waals surface area contributed by atoms with Crippen LogP contribution in [0.2, 0.25) is 0 Å². The molecule has 0 radical (unpaired) electrons. The largest absolute Gasteiger partial charge is 0.497 e. The zero-order valence-corrected chi connectivity index (χ0v) is 21.0. The van der Waals surface area contributed by atoms with E-state index in [2.05, 4.69) is 0 Å². The van der Waals surface area contributed by atoms with Gasteiger partial charge in [-0.15, -0.1) is 24.2 Å². The second kappa shape index (κ2) is 12.5. The van der Waals surface area contributed by atoms with Gasteiger partial charge in [0, 0.05) is 41.5 Å². The summed E-state index contributed by atoms with van der Waals surface area (Å²) in [7, 11) is -2.64. The number of carbonyl (C=O) groups is 3. The van der Waals surface area contributed by atoms with Crippen molar-refractivity contribution in [2.45, 2.75) is 30.6 Å². The summed E-state index contributed by atoms with van der Waals surface area (Å²) < 4.78 is 41.3. The van der Waals surface area contributed by atoms with Crippen molar-refractivity contribution in [1.29, 1.82) is 0 Å². The maximum Gasteiger partial charge on any atom is 0.328 e. The van der Waals surface area contributed by atoms with Crippen molar-refractivity contribution in [1.82, 2.24) is 4.90 Å². The van der Waals surface area contributed by atoms with Gasteiger partial charge in [0.1, 0.15) is 11.6 Å². The maximum atomic E-state index is 14.7. The number of ketones is 2. The molecule has 2 aromatic rings. The van der Waals surface area contributed by atoms with E-state index in [1.165, 1.54) is 36.0 Å². The highest BCUT2D eigenvalue weighted by Crippen LogP contribution is 2.40. The number of nitrogens with zero attached hydrogens (tertiary/aromatic N) is 1. The Morgan fingerprint density at radius 3 is 2.69 bits per heavy atom. The molecule has 0 bridgehead atoms. The van der Waals surface area contributed by atoms with Crippen LogP contribution < -0.4 is 4.74 Å². The lowest BCUT2D eigenvalue weighted by atomic mass is 9.93. The van der Waals surface area contributed by atoms with Crippen LogP contribution in [0.15, 0.2) is 60.2 Å². The fraction of sp³-hybridized carbons (Fsp3) is 0.370. The molecule has 0 spiro atoms. The summed E-state index contributed by atoms with van der Waals surface area (Å²) in [5.74, 6) is -1.93. The summed E-state index contributed by atoms with van der Waals surface area (Å²) in [6.07, 6.45) is 3.13. The number of carboxylic acid groups (broad SMARTS) is 1. The van der Waals surface area contributed by atoms with Gasteiger partial charge in [-0.3, -0.25) is 14.5 Å². The Labute approximate surface area is 224 Å². The molecule has 36 heavy (non-hydrogen) atoms. The van der Waals surface area contributed by atoms with Gasteiger partial charge in [0.15, 0.2) is 11.6 Å². The molecule has 2 unspecified atom stereocenters. The Bertz CT molecular complexity index is 1250. The van der Waals surface area contributed by atoms with Crippen LogP contribution in [0.5, 0.6) is 5.75 Å². The zero-order valence-electron chi connectivity index (χ0n) is 22.4. The second-order valence-electron chi connectivity index (χ2n) is 8.77. The van der Waals surface area contributed by atoms with Crippen molar-refractivity contribution in [2.75, 3.05) is 25.9 Å². The number of ether oxygens (including phenoxy) is 1. The second-order valence-corrected chi connectivity index (χ2v) is 9.96. The molecule has 4 rings (SSSR count). The lowest BCUT2D eigenvalue weighted by Gasteiger charge is -2.38. The number of thioether (sulfide) groups is 1. The molecular formula is C27H29ClFNO5S. The van der Waals surface area contributed by atoms with Crippen LogP contribution in [0.25, 0.3) is 0 Å². The fourth-order valence-corrected chi connectivity index (χ4v) is 5.55. The van der Waals surface area contributed by atoms with Gasteiger partial charge in [0.25, 0.3) is 0 Å². The molecule has 0 aromatic heterocycles. The molecule has 1 aliphatic heterocycles. The van der Waals surface area contributed by atoms with E-state index in [0.29, 0.717) is 24.1 Å². The minimum absolute atomic E-state index is 0. The first-order valence-electron chi connectivity index (χ1n) is 12.9. The highest BCUT2D eigenvalue weighted by Gasteiger charge is 2.41. The summed E-state index contributed by atoms with van der Waals surface area (Å²) in [4.78, 5) is 39.5. The summed E-state index contributed by atoms with van der Waals surface area (Å²) in [6.45, 7) is 0.597. The summed E-state index contributed by atoms with van der Waals surface area (Å²) in [6, 6.07) is 11.3. The molecule has 192 valence electrons. The van der Waals surface area contributed by atoms with E-state index in [1.54, 1.807) is 24.3 Å². The molecule has 1 aliphatic carbocycles. The molecule has 2 aromatic carbocycles. The Morgan fingerprint density at radius 1 is 1.22 bits per heavy atom. The maximum absolute atomic E-state index is 14.7. The molecule has 6 nitrogen and oxygen atoms in total. The number of hydrogen-bond acceptors (Lipinski definition) is 6. The van der Waals surface area contributed by atoms with Gasteiger partial charge in [0.2, 0.25) is 0 Å². The summed E-state index contributed by atoms with van der Waals surface area (Å²) in [5.41, 5.74) is 1.13. The topological polar surface area (TPSA) is 83.9 Å². The predicted octanol–water partition coefficient (Wildman–Crippen LogP) is 4.98. The van der Waals surface area contributed by atoms with Crippen LogP contribution >= 0.6 is 24.2 Å². The van der Waals surface area contributed by atoms with Gasteiger partial charge in [-0.1, -0.05) is 30.3 Å². The Balaban J connectivity index is 0.00000420. The molecule has 2 aliphatic rings. The van der Waals surface area contributed by atoms with Gasteiger partial charge in [-0.05, 0) is 43.0 Å². The molecular weight excluding hydrogens is 505 g/mol. The van der Waals surface area contributed by atoms with Crippen LogP contribution in [0.1, 0.15) is 45.3 Å². The number of aliphatic carboxylic acids is 1. The van der Waals surface area contributed by atoms with E-state index in [4.69, 9.17) is 8.85 Å². The highest BCUT2D eigenvalue weighted by atomic mass is 35.5. The lowest BCUT2D eigenvalue weighted by molar-refractivity contribution is -0.131. The van der Waals surface area contributed by atoms with Crippen molar-refractivity contribution >= 4 is 41.7 Å². The van der Waals surface area contributed by atoms with Crippen LogP contribution in [-0.2, 0) is 9.59 Å². The molecule has 1 heterocycles. The number of Topliss-reactive ketones (excluding diaryl/α,β-unsaturated/α-hetero) is 2. The smallest absolute Gasteiger partial charge is 0.328 e. The minimum atomic E-state index is -2.64. The first kappa shape index (κ1) is 23.7. The first-order chi connectivity index (χ1) is 18.0. The van der Waals surface area contributed by atoms with E-state index in [9.17, 15) is 23.9 Å². The Kier molecular flexibility index (Phi) is 8.24. The number of rotatable bonds is 10. The standard InChI is InChI=1S/C27H28FNO5S.ClH/c1-34-20-6-4-5-18(13-20)23(30)16-35-24-11-12-29(15-19(24)14-25(31)32)26(27(33)17-9-10-17)21-7-2-3-8-22(21)28;/h2-8,13-14,17,24,26H,9-12,15-16H2,1H3,(H,31,32);1H/b19-14-;/i1D3;. The Hall–Kier alpha value is -2.68. The quantitative estimate of drug-likeness (QED) is 0.339. The van der Waals surface area contributed by atoms with Crippen LogP contribution in [0, 0.1) is 11.7 Å². The summed E-state index contributed by atoms with van der Waals surface area (Å²) >= 11 is 1.29. The van der Waals surface area contributed by atoms with Gasteiger partial charge in [-0.2, -0.15) is 0 Å². The molecule has 2 fully saturated rings. The van der Waals surface area contributed by atoms with Crippen molar-refractivity contribution in [3.63, 3.8) is 0 Å². The third-order valence-corrected chi connectivity index (χ3v) is 7.66. The first-order valence-corrected chi connectivity index (χ1v) is 12.5. The molecule has 0 amide bonds. The number of piperidine rings is 1. The van der Waals surface area contributed by atoms with Crippen LogP contribution in [-0.4, -0.2) is 58.7 Å². The van der Waals surface area contributed by atoms with Crippen molar-refractivity contribution < 1.29 is 32.7 Å². The number of carbonyl (C=O) groups excluding carboxylic acids is 2. The monoisotopic (exact) mass is 536 g/mol. The van der Waals surface area contributed by atoms with Gasteiger partial charge >= 0.3 is 5.97 Å². The third kappa shape index (κ3) is 6.75. The average Bonchev–Trinajstić information content (AvgIpc) is 3.69. The van der Waals surface area contributed by atoms with Gasteiger partial charge < -0.3 is 9.84 Å². The third-order valence-electron chi connectivity index (χ3n) is 6.29. The van der Waals surface area contributed by atoms with Crippen LogP contribution in [0.3, 0.4) is 0 Å². The minimum Gasteiger partial charge on any atom is -0.497 e. The van der Waals surface area contributed by atoms with Crippen molar-refractivity contribution in [2.24, 2.45) is 5.92 Å². The van der Waals surface area contributed by atoms with E-state index < -0.39 is 24.9 Å². The molecule has 1 N–H and O–H groups in total. The normalized spacial score (nSPS) is 21.4. The van der Waals surface area contributed by atoms with Crippen molar-refractivity contribution in [3.05, 3.63) is 77.1 Å². The van der Waals surface area contributed by atoms with E-state index in [0.717, 1.165) is 18.9 Å². The highest BCUT2D eigenvalue weighted by molar-refractivity contribution is 8.00. The van der Waals surface area contributed by atoms with E-state index in [-0.39, 0.29) is 58.8 Å². The lowest BCUT2D eigenvalue weighted by Crippen LogP contribution is -2.43. The van der Waals surface area contributed by atoms with Gasteiger partial charge in [-0.25, -0.2) is 9.18 Å². The van der Waals surface area contributed by atoms with E-state index in [1.807, 2.05) is 4.90 Å². The fourth-order valence-electron chi connectivity index (χ4n) is 4.40. The number of carboxylic acids is 1.